The molecule has 0 saturated heterocycles. The van der Waals surface area contributed by atoms with Gasteiger partial charge < -0.3 is 10.4 Å². The average Bonchev–Trinajstić information content (AvgIpc) is 2.22. The molecule has 1 rings (SSSR count). The van der Waals surface area contributed by atoms with Gasteiger partial charge in [0, 0.05) is 6.07 Å². The number of hydrogen-bond donors (Lipinski definition) is 2. The maximum absolute atomic E-state index is 12.9. The summed E-state index contributed by atoms with van der Waals surface area (Å²) in [5, 5.41) is 11.3. The Bertz CT molecular complexity index is 451. The molecule has 0 amide bonds. The van der Waals surface area contributed by atoms with Crippen LogP contribution < -0.4 is 5.32 Å². The lowest BCUT2D eigenvalue weighted by atomic mass is 10.1. The van der Waals surface area contributed by atoms with Crippen molar-refractivity contribution < 1.29 is 18.7 Å². The molecule has 86 valence electrons. The van der Waals surface area contributed by atoms with Crippen LogP contribution in [0.15, 0.2) is 12.1 Å². The second-order valence-electron chi connectivity index (χ2n) is 2.73. The van der Waals surface area contributed by atoms with Crippen molar-refractivity contribution in [2.45, 2.75) is 0 Å². The first-order valence-corrected chi connectivity index (χ1v) is 5.66. The summed E-state index contributed by atoms with van der Waals surface area (Å²) < 4.78 is 26.0. The van der Waals surface area contributed by atoms with Gasteiger partial charge in [0.1, 0.15) is 4.32 Å². The van der Waals surface area contributed by atoms with E-state index in [1.165, 1.54) is 0 Å². The Kier molecular flexibility index (Phi) is 4.19. The van der Waals surface area contributed by atoms with E-state index in [-0.39, 0.29) is 15.6 Å². The Morgan fingerprint density at radius 2 is 2.00 bits per heavy atom. The van der Waals surface area contributed by atoms with Gasteiger partial charge in [-0.15, -0.1) is 11.8 Å². The predicted molar refractivity (Wildman–Crippen MR) is 63.1 cm³/mol. The highest BCUT2D eigenvalue weighted by atomic mass is 32.2. The molecule has 16 heavy (non-hydrogen) atoms. The first kappa shape index (κ1) is 12.9. The van der Waals surface area contributed by atoms with Crippen LogP contribution in [0.25, 0.3) is 0 Å². The number of rotatable bonds is 2. The normalized spacial score (nSPS) is 9.94. The van der Waals surface area contributed by atoms with E-state index >= 15 is 0 Å². The number of halogens is 2. The van der Waals surface area contributed by atoms with Crippen molar-refractivity contribution in [1.82, 2.24) is 0 Å². The van der Waals surface area contributed by atoms with E-state index in [0.717, 1.165) is 17.8 Å². The van der Waals surface area contributed by atoms with Crippen molar-refractivity contribution >= 4 is 40.0 Å². The molecule has 0 aliphatic heterocycles. The van der Waals surface area contributed by atoms with Crippen molar-refractivity contribution in [1.29, 1.82) is 0 Å². The molecular formula is C9H7F2NO2S2. The SMILES string of the molecule is CSC(=S)Nc1cc(F)c(F)cc1C(=O)O. The Morgan fingerprint density at radius 1 is 1.44 bits per heavy atom. The lowest BCUT2D eigenvalue weighted by Crippen LogP contribution is -2.10. The van der Waals surface area contributed by atoms with Gasteiger partial charge in [-0.25, -0.2) is 13.6 Å². The third kappa shape index (κ3) is 2.89. The molecule has 1 aromatic rings. The molecule has 3 nitrogen and oxygen atoms in total. The third-order valence-electron chi connectivity index (χ3n) is 1.71. The van der Waals surface area contributed by atoms with Crippen LogP contribution in [-0.4, -0.2) is 21.7 Å². The number of thiocarbonyl (C=S) groups is 1. The van der Waals surface area contributed by atoms with Crippen LogP contribution in [0.2, 0.25) is 0 Å². The van der Waals surface area contributed by atoms with E-state index in [1.54, 1.807) is 6.26 Å². The molecule has 0 aromatic heterocycles. The molecule has 0 unspecified atom stereocenters. The molecule has 0 saturated carbocycles. The van der Waals surface area contributed by atoms with E-state index in [2.05, 4.69) is 5.32 Å². The van der Waals surface area contributed by atoms with Gasteiger partial charge in [0.05, 0.1) is 11.3 Å². The van der Waals surface area contributed by atoms with Gasteiger partial charge in [0.25, 0.3) is 0 Å². The first-order chi connectivity index (χ1) is 7.45. The molecule has 0 heterocycles. The zero-order valence-electron chi connectivity index (χ0n) is 8.08. The molecule has 7 heteroatoms. The molecule has 0 radical (unpaired) electrons. The Hall–Kier alpha value is -1.21. The van der Waals surface area contributed by atoms with E-state index in [4.69, 9.17) is 17.3 Å². The van der Waals surface area contributed by atoms with Gasteiger partial charge in [0.15, 0.2) is 11.6 Å². The summed E-state index contributed by atoms with van der Waals surface area (Å²) in [4.78, 5) is 10.8. The zero-order valence-corrected chi connectivity index (χ0v) is 9.72. The maximum atomic E-state index is 12.9. The summed E-state index contributed by atoms with van der Waals surface area (Å²) >= 11 is 5.96. The van der Waals surface area contributed by atoms with Gasteiger partial charge in [-0.05, 0) is 12.3 Å². The van der Waals surface area contributed by atoms with Gasteiger partial charge in [-0.1, -0.05) is 12.2 Å². The number of hydrogen-bond acceptors (Lipinski definition) is 3. The molecule has 1 aromatic carbocycles. The van der Waals surface area contributed by atoms with Gasteiger partial charge >= 0.3 is 5.97 Å². The molecule has 0 spiro atoms. The van der Waals surface area contributed by atoms with Crippen molar-refractivity contribution in [3.05, 3.63) is 29.3 Å². The number of carboxylic acids is 1. The van der Waals surface area contributed by atoms with Crippen LogP contribution >= 0.6 is 24.0 Å². The van der Waals surface area contributed by atoms with Crippen molar-refractivity contribution in [3.8, 4) is 0 Å². The Labute approximate surface area is 99.8 Å². The summed E-state index contributed by atoms with van der Waals surface area (Å²) in [6.45, 7) is 0. The largest absolute Gasteiger partial charge is 0.478 e. The van der Waals surface area contributed by atoms with Crippen LogP contribution in [0.3, 0.4) is 0 Å². The van der Waals surface area contributed by atoms with E-state index in [1.807, 2.05) is 0 Å². The lowest BCUT2D eigenvalue weighted by molar-refractivity contribution is 0.0697. The fourth-order valence-corrected chi connectivity index (χ4v) is 1.31. The average molecular weight is 263 g/mol. The summed E-state index contributed by atoms with van der Waals surface area (Å²) in [6.07, 6.45) is 1.68. The minimum Gasteiger partial charge on any atom is -0.478 e. The highest BCUT2D eigenvalue weighted by Gasteiger charge is 2.15. The molecule has 2 N–H and O–H groups in total. The number of thioether (sulfide) groups is 1. The van der Waals surface area contributed by atoms with Gasteiger partial charge in [-0.2, -0.15) is 0 Å². The van der Waals surface area contributed by atoms with Crippen LogP contribution in [-0.2, 0) is 0 Å². The van der Waals surface area contributed by atoms with E-state index in [9.17, 15) is 13.6 Å². The van der Waals surface area contributed by atoms with Crippen molar-refractivity contribution in [2.75, 3.05) is 11.6 Å². The predicted octanol–water partition coefficient (Wildman–Crippen LogP) is 2.72. The highest BCUT2D eigenvalue weighted by Crippen LogP contribution is 2.21. The summed E-state index contributed by atoms with van der Waals surface area (Å²) in [6, 6.07) is 1.38. The monoisotopic (exact) mass is 263 g/mol. The molecule has 0 aliphatic rings. The van der Waals surface area contributed by atoms with Gasteiger partial charge in [-0.3, -0.25) is 0 Å². The number of aromatic carboxylic acids is 1. The second kappa shape index (κ2) is 5.22. The van der Waals surface area contributed by atoms with Crippen LogP contribution in [0.5, 0.6) is 0 Å². The smallest absolute Gasteiger partial charge is 0.337 e. The van der Waals surface area contributed by atoms with Crippen molar-refractivity contribution in [3.63, 3.8) is 0 Å². The fraction of sp³-hybridized carbons (Fsp3) is 0.111. The molecular weight excluding hydrogens is 256 g/mol. The molecule has 0 atom stereocenters. The van der Waals surface area contributed by atoms with E-state index in [0.29, 0.717) is 6.07 Å². The van der Waals surface area contributed by atoms with E-state index < -0.39 is 17.6 Å². The maximum Gasteiger partial charge on any atom is 0.337 e. The first-order valence-electron chi connectivity index (χ1n) is 4.03. The standard InChI is InChI=1S/C9H7F2NO2S2/c1-16-9(15)12-7-3-6(11)5(10)2-4(7)8(13)14/h2-3H,1H3,(H,12,15)(H,13,14). The molecule has 0 bridgehead atoms. The van der Waals surface area contributed by atoms with Crippen LogP contribution in [0.4, 0.5) is 14.5 Å². The summed E-state index contributed by atoms with van der Waals surface area (Å²) in [7, 11) is 0. The minimum absolute atomic E-state index is 0.0641. The quantitative estimate of drug-likeness (QED) is 0.803. The van der Waals surface area contributed by atoms with Crippen LogP contribution in [0.1, 0.15) is 10.4 Å². The summed E-state index contributed by atoms with van der Waals surface area (Å²) in [5.41, 5.74) is -0.430. The highest BCUT2D eigenvalue weighted by molar-refractivity contribution is 8.22. The topological polar surface area (TPSA) is 49.3 Å². The Morgan fingerprint density at radius 3 is 2.50 bits per heavy atom. The number of anilines is 1. The summed E-state index contributed by atoms with van der Waals surface area (Å²) in [5.74, 6) is -3.69. The third-order valence-corrected chi connectivity index (χ3v) is 2.79. The van der Waals surface area contributed by atoms with Crippen molar-refractivity contribution in [2.24, 2.45) is 0 Å². The molecule has 0 aliphatic carbocycles. The fourth-order valence-electron chi connectivity index (χ4n) is 0.988. The zero-order chi connectivity index (χ0) is 12.3. The minimum atomic E-state index is -1.36. The number of carboxylic acid groups (broad SMARTS) is 1. The number of benzene rings is 1. The molecule has 0 fully saturated rings. The number of carbonyl (C=O) groups is 1. The second-order valence-corrected chi connectivity index (χ2v) is 4.22. The number of nitrogens with one attached hydrogen (secondary N) is 1. The van der Waals surface area contributed by atoms with Gasteiger partial charge in [0.2, 0.25) is 0 Å². The van der Waals surface area contributed by atoms with Crippen LogP contribution in [0, 0.1) is 11.6 Å². The Balaban J connectivity index is 3.19. The lowest BCUT2D eigenvalue weighted by Gasteiger charge is -2.09.